The molecule has 0 aliphatic carbocycles. The predicted octanol–water partition coefficient (Wildman–Crippen LogP) is 3.18. The highest BCUT2D eigenvalue weighted by Crippen LogP contribution is 2.50. The molecule has 31 heavy (non-hydrogen) atoms. The van der Waals surface area contributed by atoms with Crippen molar-refractivity contribution in [3.63, 3.8) is 0 Å². The Bertz CT molecular complexity index is 1240. The summed E-state index contributed by atoms with van der Waals surface area (Å²) in [6.45, 7) is 0.336. The van der Waals surface area contributed by atoms with Gasteiger partial charge in [-0.3, -0.25) is 9.59 Å². The SMILES string of the molecule is COc1ccc(Cn2ncc3c2NC(=O)C[C@]32C(=O)Nc3ccc(Cl)cc32)c(OC)c1. The number of nitrogens with one attached hydrogen (secondary N) is 2. The van der Waals surface area contributed by atoms with Crippen molar-refractivity contribution < 1.29 is 19.1 Å². The Hall–Kier alpha value is -3.52. The summed E-state index contributed by atoms with van der Waals surface area (Å²) in [7, 11) is 3.17. The second-order valence-corrected chi connectivity index (χ2v) is 7.95. The molecule has 2 aromatic carbocycles. The normalized spacial score (nSPS) is 18.9. The van der Waals surface area contributed by atoms with Gasteiger partial charge in [-0.15, -0.1) is 0 Å². The van der Waals surface area contributed by atoms with Crippen LogP contribution >= 0.6 is 11.6 Å². The molecule has 2 amide bonds. The molecule has 0 saturated heterocycles. The van der Waals surface area contributed by atoms with E-state index in [0.29, 0.717) is 45.7 Å². The van der Waals surface area contributed by atoms with E-state index in [2.05, 4.69) is 15.7 Å². The summed E-state index contributed by atoms with van der Waals surface area (Å²) in [5.74, 6) is 1.26. The standard InChI is InChI=1S/C22H19ClN4O4/c1-30-14-5-3-12(18(8-14)31-2)11-27-20-16(10-24-27)22(9-19(28)26-20)15-7-13(23)4-6-17(15)25-21(22)29/h3-8,10H,9,11H2,1-2H3,(H,25,29)(H,26,28)/t22-/m1/s1. The third kappa shape index (κ3) is 2.86. The van der Waals surface area contributed by atoms with Crippen LogP contribution in [0, 0.1) is 0 Å². The summed E-state index contributed by atoms with van der Waals surface area (Å²) in [4.78, 5) is 25.9. The van der Waals surface area contributed by atoms with Crippen LogP contribution in [-0.2, 0) is 21.5 Å². The molecule has 9 heteroatoms. The van der Waals surface area contributed by atoms with E-state index in [1.54, 1.807) is 49.4 Å². The van der Waals surface area contributed by atoms with Crippen LogP contribution in [0.25, 0.3) is 0 Å². The summed E-state index contributed by atoms with van der Waals surface area (Å²) in [5.41, 5.74) is 1.66. The number of nitrogens with zero attached hydrogens (tertiary/aromatic N) is 2. The number of amides is 2. The molecule has 0 unspecified atom stereocenters. The van der Waals surface area contributed by atoms with Gasteiger partial charge in [-0.05, 0) is 35.9 Å². The maximum Gasteiger partial charge on any atom is 0.240 e. The van der Waals surface area contributed by atoms with Crippen LogP contribution in [0.15, 0.2) is 42.6 Å². The second kappa shape index (κ2) is 7.02. The molecule has 0 fully saturated rings. The lowest BCUT2D eigenvalue weighted by atomic mass is 9.72. The number of ether oxygens (including phenoxy) is 2. The Morgan fingerprint density at radius 3 is 2.71 bits per heavy atom. The molecular weight excluding hydrogens is 420 g/mol. The van der Waals surface area contributed by atoms with E-state index in [-0.39, 0.29) is 18.2 Å². The molecule has 158 valence electrons. The Balaban J connectivity index is 1.62. The number of benzene rings is 2. The maximum absolute atomic E-state index is 13.2. The topological polar surface area (TPSA) is 94.5 Å². The van der Waals surface area contributed by atoms with E-state index in [1.165, 1.54) is 0 Å². The molecule has 3 heterocycles. The predicted molar refractivity (Wildman–Crippen MR) is 115 cm³/mol. The minimum atomic E-state index is -1.17. The first-order chi connectivity index (χ1) is 15.0. The van der Waals surface area contributed by atoms with Gasteiger partial charge in [0.1, 0.15) is 22.7 Å². The van der Waals surface area contributed by atoms with Crippen LogP contribution in [0.4, 0.5) is 11.5 Å². The van der Waals surface area contributed by atoms with Gasteiger partial charge in [0.15, 0.2) is 0 Å². The van der Waals surface area contributed by atoms with Crippen LogP contribution < -0.4 is 20.1 Å². The average molecular weight is 439 g/mol. The highest BCUT2D eigenvalue weighted by molar-refractivity contribution is 6.31. The molecule has 1 spiro atoms. The van der Waals surface area contributed by atoms with Crippen molar-refractivity contribution in [2.75, 3.05) is 24.9 Å². The molecule has 1 aromatic heterocycles. The van der Waals surface area contributed by atoms with Crippen LogP contribution in [0.2, 0.25) is 5.02 Å². The van der Waals surface area contributed by atoms with Gasteiger partial charge in [-0.2, -0.15) is 5.10 Å². The number of hydrogen-bond acceptors (Lipinski definition) is 5. The van der Waals surface area contributed by atoms with Crippen molar-refractivity contribution in [1.82, 2.24) is 9.78 Å². The molecule has 2 aliphatic heterocycles. The summed E-state index contributed by atoms with van der Waals surface area (Å²) in [6, 6.07) is 10.7. The molecule has 0 saturated carbocycles. The Labute approximate surface area is 183 Å². The molecule has 2 N–H and O–H groups in total. The van der Waals surface area contributed by atoms with Gasteiger partial charge in [-0.25, -0.2) is 4.68 Å². The lowest BCUT2D eigenvalue weighted by molar-refractivity contribution is -0.125. The highest BCUT2D eigenvalue weighted by Gasteiger charge is 2.54. The molecule has 3 aromatic rings. The Morgan fingerprint density at radius 1 is 1.10 bits per heavy atom. The van der Waals surface area contributed by atoms with E-state index >= 15 is 0 Å². The van der Waals surface area contributed by atoms with Crippen LogP contribution in [0.3, 0.4) is 0 Å². The van der Waals surface area contributed by atoms with Gasteiger partial charge in [-0.1, -0.05) is 11.6 Å². The molecule has 0 bridgehead atoms. The molecule has 8 nitrogen and oxygen atoms in total. The highest BCUT2D eigenvalue weighted by atomic mass is 35.5. The number of methoxy groups -OCH3 is 2. The van der Waals surface area contributed by atoms with Gasteiger partial charge in [0.25, 0.3) is 0 Å². The van der Waals surface area contributed by atoms with E-state index in [0.717, 1.165) is 5.56 Å². The molecular formula is C22H19ClN4O4. The first-order valence-corrected chi connectivity index (χ1v) is 10.0. The van der Waals surface area contributed by atoms with Crippen LogP contribution in [0.1, 0.15) is 23.1 Å². The molecule has 1 atom stereocenters. The van der Waals surface area contributed by atoms with Crippen molar-refractivity contribution in [2.45, 2.75) is 18.4 Å². The van der Waals surface area contributed by atoms with Crippen molar-refractivity contribution >= 4 is 34.9 Å². The summed E-state index contributed by atoms with van der Waals surface area (Å²) >= 11 is 6.22. The molecule has 2 aliphatic rings. The number of carbonyl (C=O) groups is 2. The number of anilines is 2. The minimum absolute atomic E-state index is 0.0171. The molecule has 5 rings (SSSR count). The molecule has 0 radical (unpaired) electrons. The fraction of sp³-hybridized carbons (Fsp3) is 0.227. The lowest BCUT2D eigenvalue weighted by Crippen LogP contribution is -2.43. The van der Waals surface area contributed by atoms with E-state index in [1.807, 2.05) is 12.1 Å². The number of rotatable bonds is 4. The van der Waals surface area contributed by atoms with Gasteiger partial charge >= 0.3 is 0 Å². The van der Waals surface area contributed by atoms with Gasteiger partial charge in [0, 0.05) is 34.3 Å². The lowest BCUT2D eigenvalue weighted by Gasteiger charge is -2.31. The van der Waals surface area contributed by atoms with Crippen molar-refractivity contribution in [2.24, 2.45) is 0 Å². The summed E-state index contributed by atoms with van der Waals surface area (Å²) < 4.78 is 12.4. The summed E-state index contributed by atoms with van der Waals surface area (Å²) in [6.07, 6.45) is 1.62. The van der Waals surface area contributed by atoms with Gasteiger partial charge < -0.3 is 20.1 Å². The first-order valence-electron chi connectivity index (χ1n) is 9.65. The largest absolute Gasteiger partial charge is 0.497 e. The Kier molecular flexibility index (Phi) is 4.40. The van der Waals surface area contributed by atoms with E-state index in [9.17, 15) is 9.59 Å². The first kappa shape index (κ1) is 19.4. The average Bonchev–Trinajstić information content (AvgIpc) is 3.28. The zero-order chi connectivity index (χ0) is 21.8. The Morgan fingerprint density at radius 2 is 1.94 bits per heavy atom. The third-order valence-corrected chi connectivity index (χ3v) is 6.11. The van der Waals surface area contributed by atoms with E-state index < -0.39 is 5.41 Å². The zero-order valence-corrected chi connectivity index (χ0v) is 17.6. The number of aromatic nitrogens is 2. The minimum Gasteiger partial charge on any atom is -0.497 e. The number of hydrogen-bond donors (Lipinski definition) is 2. The van der Waals surface area contributed by atoms with Crippen molar-refractivity contribution in [3.05, 3.63) is 64.3 Å². The zero-order valence-electron chi connectivity index (χ0n) is 16.9. The van der Waals surface area contributed by atoms with E-state index in [4.69, 9.17) is 21.1 Å². The van der Waals surface area contributed by atoms with Crippen LogP contribution in [0.5, 0.6) is 11.5 Å². The fourth-order valence-electron chi connectivity index (χ4n) is 4.38. The van der Waals surface area contributed by atoms with Crippen molar-refractivity contribution in [3.8, 4) is 11.5 Å². The third-order valence-electron chi connectivity index (χ3n) is 5.87. The number of halogens is 1. The monoisotopic (exact) mass is 438 g/mol. The van der Waals surface area contributed by atoms with Crippen molar-refractivity contribution in [1.29, 1.82) is 0 Å². The summed E-state index contributed by atoms with van der Waals surface area (Å²) in [5, 5.41) is 10.8. The smallest absolute Gasteiger partial charge is 0.240 e. The maximum atomic E-state index is 13.2. The van der Waals surface area contributed by atoms with Gasteiger partial charge in [0.2, 0.25) is 11.8 Å². The number of carbonyl (C=O) groups excluding carboxylic acids is 2. The fourth-order valence-corrected chi connectivity index (χ4v) is 4.55. The second-order valence-electron chi connectivity index (χ2n) is 7.52. The quantitative estimate of drug-likeness (QED) is 0.652. The van der Waals surface area contributed by atoms with Crippen LogP contribution in [-0.4, -0.2) is 35.8 Å². The number of fused-ring (bicyclic) bond motifs is 4. The van der Waals surface area contributed by atoms with Gasteiger partial charge in [0.05, 0.1) is 27.0 Å².